The summed E-state index contributed by atoms with van der Waals surface area (Å²) in [5.41, 5.74) is 2.41. The van der Waals surface area contributed by atoms with Crippen LogP contribution >= 0.6 is 11.8 Å². The summed E-state index contributed by atoms with van der Waals surface area (Å²) in [7, 11) is -3.55. The second-order valence-corrected chi connectivity index (χ2v) is 10.9. The molecule has 0 N–H and O–H groups in total. The number of carbonyl (C=O) groups is 1. The Morgan fingerprint density at radius 3 is 2.62 bits per heavy atom. The van der Waals surface area contributed by atoms with Crippen LogP contribution in [0.3, 0.4) is 0 Å². The minimum absolute atomic E-state index is 0.0485. The number of aryl methyl sites for hydroxylation is 2. The minimum atomic E-state index is -3.55. The zero-order chi connectivity index (χ0) is 22.1. The van der Waals surface area contributed by atoms with E-state index in [1.165, 1.54) is 21.6 Å². The van der Waals surface area contributed by atoms with Crippen LogP contribution in [0.2, 0.25) is 0 Å². The van der Waals surface area contributed by atoms with Crippen molar-refractivity contribution in [1.29, 1.82) is 0 Å². The Kier molecular flexibility index (Phi) is 5.87. The highest BCUT2D eigenvalue weighted by atomic mass is 32.2. The van der Waals surface area contributed by atoms with E-state index in [0.717, 1.165) is 31.2 Å². The van der Waals surface area contributed by atoms with Gasteiger partial charge in [0, 0.05) is 38.6 Å². The van der Waals surface area contributed by atoms with E-state index in [-0.39, 0.29) is 11.7 Å². The van der Waals surface area contributed by atoms with E-state index in [1.54, 1.807) is 33.9 Å². The third kappa shape index (κ3) is 4.24. The molecule has 0 unspecified atom stereocenters. The molecule has 9 nitrogen and oxygen atoms in total. The molecule has 1 aromatic carbocycles. The van der Waals surface area contributed by atoms with Crippen molar-refractivity contribution in [2.75, 3.05) is 31.9 Å². The predicted molar refractivity (Wildman–Crippen MR) is 120 cm³/mol. The molecular weight excluding hydrogens is 448 g/mol. The van der Waals surface area contributed by atoms with E-state index in [1.807, 2.05) is 12.1 Å². The van der Waals surface area contributed by atoms with Gasteiger partial charge in [-0.2, -0.15) is 9.29 Å². The molecule has 11 heteroatoms. The van der Waals surface area contributed by atoms with E-state index in [4.69, 9.17) is 0 Å². The SMILES string of the molecule is O=C(CSc1nc2ncccn2n1)N1CCN(S(=O)(=O)c2ccc3c(c2)CCCC3)CC1. The van der Waals surface area contributed by atoms with Crippen molar-refractivity contribution in [3.05, 3.63) is 47.8 Å². The standard InChI is InChI=1S/C21H24N6O3S2/c28-19(15-31-21-23-20-22-8-3-9-27(20)24-21)25-10-12-26(13-11-25)32(29,30)18-7-6-16-4-1-2-5-17(16)14-18/h3,6-9,14H,1-2,4-5,10-13,15H2. The fraction of sp³-hybridized carbons (Fsp3) is 0.429. The number of rotatable bonds is 5. The number of thioether (sulfide) groups is 1. The van der Waals surface area contributed by atoms with Crippen molar-refractivity contribution in [3.63, 3.8) is 0 Å². The number of fused-ring (bicyclic) bond motifs is 2. The van der Waals surface area contributed by atoms with Gasteiger partial charge in [-0.3, -0.25) is 4.79 Å². The molecule has 32 heavy (non-hydrogen) atoms. The number of nitrogens with zero attached hydrogens (tertiary/aromatic N) is 6. The Morgan fingerprint density at radius 2 is 1.84 bits per heavy atom. The van der Waals surface area contributed by atoms with Crippen LogP contribution in [0.1, 0.15) is 24.0 Å². The molecular formula is C21H24N6O3S2. The van der Waals surface area contributed by atoms with E-state index >= 15 is 0 Å². The maximum absolute atomic E-state index is 13.1. The van der Waals surface area contributed by atoms with Gasteiger partial charge in [-0.1, -0.05) is 17.8 Å². The number of benzene rings is 1. The van der Waals surface area contributed by atoms with Crippen LogP contribution in [0.25, 0.3) is 5.78 Å². The first-order valence-corrected chi connectivity index (χ1v) is 13.1. The van der Waals surface area contributed by atoms with Crippen molar-refractivity contribution in [2.45, 2.75) is 35.7 Å². The normalized spacial score (nSPS) is 17.4. The van der Waals surface area contributed by atoms with Crippen LogP contribution in [0.4, 0.5) is 0 Å². The Morgan fingerprint density at radius 1 is 1.06 bits per heavy atom. The molecule has 1 fully saturated rings. The fourth-order valence-corrected chi connectivity index (χ4v) is 6.39. The second kappa shape index (κ2) is 8.80. The van der Waals surface area contributed by atoms with Crippen molar-refractivity contribution in [3.8, 4) is 0 Å². The number of aromatic nitrogens is 4. The van der Waals surface area contributed by atoms with Crippen molar-refractivity contribution >= 4 is 33.5 Å². The van der Waals surface area contributed by atoms with Gasteiger partial charge in [0.25, 0.3) is 5.78 Å². The zero-order valence-electron chi connectivity index (χ0n) is 17.6. The van der Waals surface area contributed by atoms with E-state index in [9.17, 15) is 13.2 Å². The van der Waals surface area contributed by atoms with Crippen molar-refractivity contribution in [1.82, 2.24) is 28.8 Å². The van der Waals surface area contributed by atoms with Crippen LogP contribution in [0.15, 0.2) is 46.7 Å². The lowest BCUT2D eigenvalue weighted by molar-refractivity contribution is -0.129. The summed E-state index contributed by atoms with van der Waals surface area (Å²) in [5, 5.41) is 4.78. The van der Waals surface area contributed by atoms with Gasteiger partial charge in [0.1, 0.15) is 0 Å². The van der Waals surface area contributed by atoms with Gasteiger partial charge in [0.2, 0.25) is 21.1 Å². The molecule has 1 saturated heterocycles. The summed E-state index contributed by atoms with van der Waals surface area (Å²) in [4.78, 5) is 23.1. The Labute approximate surface area is 190 Å². The summed E-state index contributed by atoms with van der Waals surface area (Å²) in [5.74, 6) is 0.644. The van der Waals surface area contributed by atoms with Gasteiger partial charge in [-0.05, 0) is 55.0 Å². The molecule has 0 radical (unpaired) electrons. The van der Waals surface area contributed by atoms with Crippen LogP contribution in [-0.2, 0) is 27.7 Å². The first kappa shape index (κ1) is 21.4. The van der Waals surface area contributed by atoms with Crippen LogP contribution in [0, 0.1) is 0 Å². The maximum Gasteiger partial charge on any atom is 0.253 e. The summed E-state index contributed by atoms with van der Waals surface area (Å²) in [6.45, 7) is 1.35. The zero-order valence-corrected chi connectivity index (χ0v) is 19.2. The monoisotopic (exact) mass is 472 g/mol. The topological polar surface area (TPSA) is 101 Å². The quantitative estimate of drug-likeness (QED) is 0.520. The van der Waals surface area contributed by atoms with Gasteiger partial charge in [-0.15, -0.1) is 5.10 Å². The molecule has 2 aliphatic rings. The summed E-state index contributed by atoms with van der Waals surface area (Å²) < 4.78 is 29.3. The highest BCUT2D eigenvalue weighted by Crippen LogP contribution is 2.26. The predicted octanol–water partition coefficient (Wildman–Crippen LogP) is 1.63. The number of hydrogen-bond donors (Lipinski definition) is 0. The number of hydrogen-bond acceptors (Lipinski definition) is 7. The highest BCUT2D eigenvalue weighted by Gasteiger charge is 2.30. The van der Waals surface area contributed by atoms with Gasteiger partial charge in [-0.25, -0.2) is 17.9 Å². The number of sulfonamides is 1. The molecule has 0 atom stereocenters. The van der Waals surface area contributed by atoms with Crippen LogP contribution < -0.4 is 0 Å². The molecule has 3 heterocycles. The van der Waals surface area contributed by atoms with Crippen molar-refractivity contribution in [2.24, 2.45) is 0 Å². The number of amides is 1. The molecule has 168 valence electrons. The summed E-state index contributed by atoms with van der Waals surface area (Å²) in [6, 6.07) is 7.29. The fourth-order valence-electron chi connectivity index (χ4n) is 4.19. The molecule has 0 bridgehead atoms. The van der Waals surface area contributed by atoms with Gasteiger partial charge < -0.3 is 4.90 Å². The van der Waals surface area contributed by atoms with Crippen molar-refractivity contribution < 1.29 is 13.2 Å². The minimum Gasteiger partial charge on any atom is -0.339 e. The number of carbonyl (C=O) groups excluding carboxylic acids is 1. The Balaban J connectivity index is 1.18. The van der Waals surface area contributed by atoms with Crippen LogP contribution in [0.5, 0.6) is 0 Å². The van der Waals surface area contributed by atoms with E-state index in [2.05, 4.69) is 15.1 Å². The van der Waals surface area contributed by atoms with Gasteiger partial charge in [0.05, 0.1) is 10.6 Å². The van der Waals surface area contributed by atoms with Crippen LogP contribution in [-0.4, -0.2) is 75.0 Å². The highest BCUT2D eigenvalue weighted by molar-refractivity contribution is 7.99. The molecule has 0 saturated carbocycles. The molecule has 5 rings (SSSR count). The lowest BCUT2D eigenvalue weighted by Gasteiger charge is -2.34. The average Bonchev–Trinajstić information content (AvgIpc) is 3.25. The third-order valence-corrected chi connectivity index (χ3v) is 8.69. The third-order valence-electron chi connectivity index (χ3n) is 5.97. The van der Waals surface area contributed by atoms with Gasteiger partial charge in [0.15, 0.2) is 0 Å². The van der Waals surface area contributed by atoms with E-state index in [0.29, 0.717) is 42.0 Å². The smallest absolute Gasteiger partial charge is 0.253 e. The average molecular weight is 473 g/mol. The Bertz CT molecular complexity index is 1220. The first-order chi connectivity index (χ1) is 15.5. The maximum atomic E-state index is 13.1. The molecule has 1 amide bonds. The van der Waals surface area contributed by atoms with Gasteiger partial charge >= 0.3 is 0 Å². The lowest BCUT2D eigenvalue weighted by atomic mass is 9.92. The number of piperazine rings is 1. The molecule has 0 spiro atoms. The molecule has 1 aliphatic heterocycles. The molecule has 1 aliphatic carbocycles. The lowest BCUT2D eigenvalue weighted by Crippen LogP contribution is -2.51. The molecule has 3 aromatic rings. The summed E-state index contributed by atoms with van der Waals surface area (Å²) in [6.07, 6.45) is 7.63. The largest absolute Gasteiger partial charge is 0.339 e. The van der Waals surface area contributed by atoms with E-state index < -0.39 is 10.0 Å². The first-order valence-electron chi connectivity index (χ1n) is 10.7. The Hall–Kier alpha value is -2.50. The summed E-state index contributed by atoms with van der Waals surface area (Å²) >= 11 is 1.26. The molecule has 2 aromatic heterocycles. The second-order valence-electron chi connectivity index (χ2n) is 7.97.